The summed E-state index contributed by atoms with van der Waals surface area (Å²) in [6.45, 7) is 13.5. The number of benzene rings is 6. The lowest BCUT2D eigenvalue weighted by Gasteiger charge is -2.39. The van der Waals surface area contributed by atoms with Crippen molar-refractivity contribution in [1.82, 2.24) is 31.4 Å². The molecule has 94 heavy (non-hydrogen) atoms. The number of H-pyrrole nitrogens is 1. The fourth-order valence-corrected chi connectivity index (χ4v) is 12.3. The number of hydrogen-bond donors (Lipinski definition) is 10. The van der Waals surface area contributed by atoms with Gasteiger partial charge in [-0.2, -0.15) is 0 Å². The zero-order valence-corrected chi connectivity index (χ0v) is 55.9. The van der Waals surface area contributed by atoms with Crippen LogP contribution in [-0.2, 0) is 67.0 Å². The maximum absolute atomic E-state index is 15.8. The lowest BCUT2D eigenvalue weighted by molar-refractivity contribution is -0.172. The number of esters is 2. The molecule has 0 radical (unpaired) electrons. The van der Waals surface area contributed by atoms with Gasteiger partial charge in [0.05, 0.1) is 10.8 Å². The number of phenols is 1. The number of amides is 3. The molecule has 0 aliphatic carbocycles. The highest BCUT2D eigenvalue weighted by molar-refractivity contribution is 8.00. The molecule has 0 saturated heterocycles. The Hall–Kier alpha value is -8.86. The molecule has 7 aromatic rings. The Labute approximate surface area is 555 Å². The van der Waals surface area contributed by atoms with Gasteiger partial charge in [-0.1, -0.05) is 166 Å². The van der Waals surface area contributed by atoms with Crippen LogP contribution in [0, 0.1) is 5.92 Å². The first-order valence-electron chi connectivity index (χ1n) is 31.6. The fourth-order valence-electron chi connectivity index (χ4n) is 10.7. The van der Waals surface area contributed by atoms with Gasteiger partial charge in [0.1, 0.15) is 53.2 Å². The van der Waals surface area contributed by atoms with Crippen LogP contribution in [0.1, 0.15) is 114 Å². The van der Waals surface area contributed by atoms with Crippen molar-refractivity contribution < 1.29 is 58.4 Å². The van der Waals surface area contributed by atoms with E-state index in [9.17, 15) is 34.2 Å². The van der Waals surface area contributed by atoms with Crippen molar-refractivity contribution in [1.29, 1.82) is 0 Å². The Morgan fingerprint density at radius 1 is 0.553 bits per heavy atom. The van der Waals surface area contributed by atoms with Crippen LogP contribution in [0.15, 0.2) is 176 Å². The molecule has 20 nitrogen and oxygen atoms in total. The first-order valence-corrected chi connectivity index (χ1v) is 32.6. The molecule has 1 unspecified atom stereocenters. The number of aliphatic carboxylic acids is 2. The largest absolute Gasteiger partial charge is 0.508 e. The highest BCUT2D eigenvalue weighted by Gasteiger charge is 2.43. The third-order valence-corrected chi connectivity index (χ3v) is 17.0. The van der Waals surface area contributed by atoms with Gasteiger partial charge in [-0.3, -0.25) is 33.8 Å². The van der Waals surface area contributed by atoms with Crippen molar-refractivity contribution in [2.24, 2.45) is 17.4 Å². The predicted octanol–water partition coefficient (Wildman–Crippen LogP) is 8.96. The number of aromatic amines is 1. The van der Waals surface area contributed by atoms with E-state index in [1.54, 1.807) is 80.8 Å². The monoisotopic (exact) mass is 1300 g/mol. The normalized spacial score (nSPS) is 14.0. The van der Waals surface area contributed by atoms with Gasteiger partial charge >= 0.3 is 23.9 Å². The van der Waals surface area contributed by atoms with Crippen molar-refractivity contribution in [3.63, 3.8) is 0 Å². The van der Waals surface area contributed by atoms with Crippen molar-refractivity contribution in [3.05, 3.63) is 209 Å². The molecular weight excluding hydrogens is 1210 g/mol. The number of fused-ring (bicyclic) bond motifs is 1. The van der Waals surface area contributed by atoms with E-state index >= 15 is 9.59 Å². The topological polar surface area (TPSA) is 318 Å². The van der Waals surface area contributed by atoms with Gasteiger partial charge in [0.25, 0.3) is 5.91 Å². The molecule has 1 heterocycles. The van der Waals surface area contributed by atoms with Crippen LogP contribution < -0.4 is 32.8 Å². The lowest BCUT2D eigenvalue weighted by Crippen LogP contribution is -2.65. The zero-order valence-electron chi connectivity index (χ0n) is 55.0. The van der Waals surface area contributed by atoms with Crippen molar-refractivity contribution in [3.8, 4) is 5.75 Å². The molecule has 0 saturated carbocycles. The van der Waals surface area contributed by atoms with Gasteiger partial charge in [-0.25, -0.2) is 10.2 Å². The maximum Gasteiger partial charge on any atom is 0.331 e. The van der Waals surface area contributed by atoms with Gasteiger partial charge < -0.3 is 57.2 Å². The summed E-state index contributed by atoms with van der Waals surface area (Å²) in [6, 6.07) is 44.3. The fraction of sp³-hybridized carbons (Fsp3) is 0.384. The minimum Gasteiger partial charge on any atom is -0.508 e. The number of thioether (sulfide) groups is 1. The summed E-state index contributed by atoms with van der Waals surface area (Å²) in [6.07, 6.45) is 2.06. The first-order chi connectivity index (χ1) is 44.6. The number of nitrogens with one attached hydrogen (secondary N) is 5. The standard InChI is InChI=1S/C63H79N7O10S.C10H13NO2/c1-40(2)54(60(78)80-62(6,7)8)70(69-52(58(75)76)35-36-81-63(43-21-12-9-13-22-43,44-23-14-10-15-24-44)45-25-16-11-17-26-45)57(74)51(30-20-28-48(64)59(77)79-61(3,4)5)67-56(73)53(38-42-39-66-50-29-19-18-27-47(42)50)68-55(72)49(65)37-41-31-33-46(71)34-32-41;1-11-9(10(12)13)7-8-5-3-2-4-6-8/h9-19,21-27,29,31-34,39-40,48-49,51-54,66,69,71H,20,28,30,35-38,64-65H2,1-8H3,(H,67,73)(H,68,72)(H,75,76);2-6,9,11H,7H2,1H3,(H,12,13)/t48?,49-,51-,52-,53+,54-;9-/m00/s1. The summed E-state index contributed by atoms with van der Waals surface area (Å²) < 4.78 is 10.7. The lowest BCUT2D eigenvalue weighted by atomic mass is 9.84. The molecule has 1 aromatic heterocycles. The Morgan fingerprint density at radius 2 is 1.04 bits per heavy atom. The van der Waals surface area contributed by atoms with Gasteiger partial charge in [-0.05, 0) is 150 Å². The molecular formula is C73H92N8O12S. The molecule has 0 fully saturated rings. The van der Waals surface area contributed by atoms with Gasteiger partial charge in [-0.15, -0.1) is 11.8 Å². The number of hydrazine groups is 1. The molecule has 3 amide bonds. The predicted molar refractivity (Wildman–Crippen MR) is 366 cm³/mol. The Kier molecular flexibility index (Phi) is 27.5. The number of aromatic hydroxyl groups is 1. The smallest absolute Gasteiger partial charge is 0.331 e. The molecule has 502 valence electrons. The summed E-state index contributed by atoms with van der Waals surface area (Å²) in [7, 11) is 1.65. The molecule has 7 atom stereocenters. The van der Waals surface area contributed by atoms with E-state index in [0.717, 1.165) is 38.2 Å². The molecule has 21 heteroatoms. The number of para-hydroxylation sites is 1. The second kappa shape index (κ2) is 34.9. The van der Waals surface area contributed by atoms with Crippen LogP contribution in [0.25, 0.3) is 10.9 Å². The maximum atomic E-state index is 15.8. The van der Waals surface area contributed by atoms with E-state index in [1.165, 1.54) is 23.9 Å². The van der Waals surface area contributed by atoms with Gasteiger partial charge in [0.15, 0.2) is 0 Å². The Balaban J connectivity index is 0.000000958. The number of carboxylic acid groups (broad SMARTS) is 2. The zero-order chi connectivity index (χ0) is 68.8. The quantitative estimate of drug-likeness (QED) is 0.0110. The second-order valence-corrected chi connectivity index (χ2v) is 26.8. The molecule has 12 N–H and O–H groups in total. The van der Waals surface area contributed by atoms with Crippen molar-refractivity contribution in [2.45, 2.75) is 159 Å². The third-order valence-electron chi connectivity index (χ3n) is 15.4. The summed E-state index contributed by atoms with van der Waals surface area (Å²) in [5.41, 5.74) is 19.9. The third kappa shape index (κ3) is 21.9. The summed E-state index contributed by atoms with van der Waals surface area (Å²) in [4.78, 5) is 100. The van der Waals surface area contributed by atoms with Crippen LogP contribution in [0.3, 0.4) is 0 Å². The minimum atomic E-state index is -1.53. The van der Waals surface area contributed by atoms with E-state index in [1.807, 2.05) is 146 Å². The number of aromatic nitrogens is 1. The van der Waals surface area contributed by atoms with Crippen molar-refractivity contribution >= 4 is 64.3 Å². The van der Waals surface area contributed by atoms with Crippen molar-refractivity contribution in [2.75, 3.05) is 12.8 Å². The number of rotatable bonds is 31. The number of phenolic OH excluding ortho intramolecular Hbond substituents is 1. The highest BCUT2D eigenvalue weighted by atomic mass is 32.2. The van der Waals surface area contributed by atoms with Crippen LogP contribution in [0.2, 0.25) is 0 Å². The van der Waals surface area contributed by atoms with Crippen LogP contribution >= 0.6 is 11.8 Å². The summed E-state index contributed by atoms with van der Waals surface area (Å²) in [5.74, 6) is -6.46. The van der Waals surface area contributed by atoms with Crippen LogP contribution in [0.4, 0.5) is 0 Å². The SMILES string of the molecule is CC(C)[C@@H](C(=O)OC(C)(C)C)N(N[C@@H](CCSC(c1ccccc1)(c1ccccc1)c1ccccc1)C(=O)O)C(=O)[C@H](CCCC(N)C(=O)OC(C)(C)C)NC(=O)[C@@H](Cc1c[nH]c2ccccc12)NC(=O)[C@@H](N)Cc1ccc(O)cc1.CN[C@@H](Cc1ccccc1)C(=O)O. The second-order valence-electron chi connectivity index (χ2n) is 25.5. The van der Waals surface area contributed by atoms with E-state index in [2.05, 4.69) is 26.4 Å². The number of carboxylic acids is 2. The van der Waals surface area contributed by atoms with Gasteiger partial charge in [0, 0.05) is 23.5 Å². The first kappa shape index (κ1) is 74.2. The number of nitrogens with zero attached hydrogens (tertiary/aromatic N) is 1. The number of likely N-dealkylation sites (N-methyl/N-ethyl adjacent to an activating group) is 1. The number of ether oxygens (including phenoxy) is 2. The molecule has 0 spiro atoms. The number of hydrogen-bond acceptors (Lipinski definition) is 15. The van der Waals surface area contributed by atoms with Crippen LogP contribution in [0.5, 0.6) is 5.75 Å². The molecule has 0 aliphatic rings. The number of carbonyl (C=O) groups is 7. The van der Waals surface area contributed by atoms with E-state index < -0.39 is 106 Å². The van der Waals surface area contributed by atoms with E-state index in [-0.39, 0.29) is 50.0 Å². The Bertz CT molecular complexity index is 3470. The molecule has 0 aliphatic heterocycles. The average Bonchev–Trinajstić information content (AvgIpc) is 0.935. The molecule has 0 bridgehead atoms. The summed E-state index contributed by atoms with van der Waals surface area (Å²) >= 11 is 1.52. The molecule has 7 rings (SSSR count). The van der Waals surface area contributed by atoms with Crippen LogP contribution in [-0.4, -0.2) is 133 Å². The highest BCUT2D eigenvalue weighted by Crippen LogP contribution is 2.48. The Morgan fingerprint density at radius 3 is 1.55 bits per heavy atom. The van der Waals surface area contributed by atoms with Gasteiger partial charge in [0.2, 0.25) is 11.8 Å². The van der Waals surface area contributed by atoms with E-state index in [0.29, 0.717) is 17.5 Å². The number of nitrogens with two attached hydrogens (primary N) is 2. The summed E-state index contributed by atoms with van der Waals surface area (Å²) in [5, 5.41) is 40.0. The number of carbonyl (C=O) groups excluding carboxylic acids is 5. The molecule has 6 aromatic carbocycles. The van der Waals surface area contributed by atoms with E-state index in [4.69, 9.17) is 26.0 Å². The minimum absolute atomic E-state index is 0.00422. The average molecular weight is 1310 g/mol.